The highest BCUT2D eigenvalue weighted by Crippen LogP contribution is 2.44. The maximum Gasteiger partial charge on any atom is 0.312 e. The third-order valence-corrected chi connectivity index (χ3v) is 3.34. The van der Waals surface area contributed by atoms with Gasteiger partial charge in [-0.15, -0.1) is 0 Å². The fourth-order valence-corrected chi connectivity index (χ4v) is 2.17. The Morgan fingerprint density at radius 2 is 1.76 bits per heavy atom. The highest BCUT2D eigenvalue weighted by Gasteiger charge is 2.51. The average molecular weight is 235 g/mol. The summed E-state index contributed by atoms with van der Waals surface area (Å²) in [6.45, 7) is 4.14. The van der Waals surface area contributed by atoms with Crippen LogP contribution in [0.5, 0.6) is 0 Å². The van der Waals surface area contributed by atoms with Crippen LogP contribution >= 0.6 is 0 Å². The Morgan fingerprint density at radius 1 is 1.12 bits per heavy atom. The van der Waals surface area contributed by atoms with Gasteiger partial charge in [-0.2, -0.15) is 0 Å². The number of fused-ring (bicyclic) bond motifs is 3. The van der Waals surface area contributed by atoms with E-state index in [0.29, 0.717) is 19.8 Å². The zero-order valence-electron chi connectivity index (χ0n) is 10.2. The Labute approximate surface area is 101 Å². The molecule has 17 heavy (non-hydrogen) atoms. The van der Waals surface area contributed by atoms with E-state index >= 15 is 0 Å². The van der Waals surface area contributed by atoms with E-state index in [-0.39, 0.29) is 5.41 Å². The van der Waals surface area contributed by atoms with Crippen molar-refractivity contribution >= 4 is 5.69 Å². The van der Waals surface area contributed by atoms with Gasteiger partial charge in [0.15, 0.2) is 0 Å². The van der Waals surface area contributed by atoms with Crippen molar-refractivity contribution in [1.82, 2.24) is 0 Å². The molecule has 1 aromatic rings. The predicted octanol–water partition coefficient (Wildman–Crippen LogP) is 1.92. The molecular formula is C13H17NO3. The second kappa shape index (κ2) is 3.70. The zero-order valence-corrected chi connectivity index (χ0v) is 10.2. The normalized spacial score (nSPS) is 35.9. The maximum absolute atomic E-state index is 5.78. The fraction of sp³-hybridized carbons (Fsp3) is 0.538. The summed E-state index contributed by atoms with van der Waals surface area (Å²) in [6, 6.07) is 7.92. The third kappa shape index (κ3) is 1.73. The van der Waals surface area contributed by atoms with Crippen LogP contribution in [0.3, 0.4) is 0 Å². The van der Waals surface area contributed by atoms with Gasteiger partial charge in [-0.1, -0.05) is 19.1 Å². The van der Waals surface area contributed by atoms with Gasteiger partial charge in [0.05, 0.1) is 19.8 Å². The van der Waals surface area contributed by atoms with Gasteiger partial charge in [0.1, 0.15) is 0 Å². The van der Waals surface area contributed by atoms with Crippen LogP contribution in [-0.4, -0.2) is 26.9 Å². The van der Waals surface area contributed by atoms with E-state index in [1.807, 2.05) is 31.3 Å². The van der Waals surface area contributed by atoms with Crippen LogP contribution in [0, 0.1) is 5.41 Å². The molecule has 4 nitrogen and oxygen atoms in total. The minimum atomic E-state index is -0.995. The molecule has 3 saturated heterocycles. The summed E-state index contributed by atoms with van der Waals surface area (Å²) < 4.78 is 17.3. The van der Waals surface area contributed by atoms with Crippen LogP contribution in [0.2, 0.25) is 0 Å². The molecule has 2 bridgehead atoms. The van der Waals surface area contributed by atoms with Crippen molar-refractivity contribution in [3.8, 4) is 0 Å². The van der Waals surface area contributed by atoms with Crippen LogP contribution in [0.15, 0.2) is 24.3 Å². The van der Waals surface area contributed by atoms with E-state index in [1.165, 1.54) is 0 Å². The van der Waals surface area contributed by atoms with Gasteiger partial charge in [-0.25, -0.2) is 0 Å². The molecule has 1 N–H and O–H groups in total. The number of anilines is 1. The second-order valence-electron chi connectivity index (χ2n) is 5.06. The summed E-state index contributed by atoms with van der Waals surface area (Å²) in [7, 11) is 1.89. The lowest BCUT2D eigenvalue weighted by molar-refractivity contribution is -0.477. The van der Waals surface area contributed by atoms with Gasteiger partial charge in [0.25, 0.3) is 0 Å². The number of hydrogen-bond acceptors (Lipinski definition) is 4. The lowest BCUT2D eigenvalue weighted by Crippen LogP contribution is -2.57. The Morgan fingerprint density at radius 3 is 2.35 bits per heavy atom. The molecule has 3 aliphatic rings. The SMILES string of the molecule is CNc1cccc(C23OCC(C)(CO2)CO3)c1. The van der Waals surface area contributed by atoms with E-state index in [0.717, 1.165) is 11.3 Å². The number of nitrogens with one attached hydrogen (secondary N) is 1. The van der Waals surface area contributed by atoms with Crippen LogP contribution in [0.4, 0.5) is 5.69 Å². The molecule has 0 amide bonds. The predicted molar refractivity (Wildman–Crippen MR) is 63.6 cm³/mol. The van der Waals surface area contributed by atoms with Gasteiger partial charge >= 0.3 is 5.97 Å². The first-order valence-corrected chi connectivity index (χ1v) is 5.86. The van der Waals surface area contributed by atoms with Crippen molar-refractivity contribution in [3.63, 3.8) is 0 Å². The lowest BCUT2D eigenvalue weighted by Gasteiger charge is -2.50. The highest BCUT2D eigenvalue weighted by molar-refractivity contribution is 5.46. The first-order chi connectivity index (χ1) is 8.16. The van der Waals surface area contributed by atoms with Crippen molar-refractivity contribution in [2.45, 2.75) is 12.9 Å². The first-order valence-electron chi connectivity index (χ1n) is 5.86. The molecule has 0 aromatic heterocycles. The Kier molecular flexibility index (Phi) is 2.40. The molecular weight excluding hydrogens is 218 g/mol. The summed E-state index contributed by atoms with van der Waals surface area (Å²) in [4.78, 5) is 0. The van der Waals surface area contributed by atoms with Gasteiger partial charge in [-0.3, -0.25) is 0 Å². The molecule has 0 radical (unpaired) electrons. The van der Waals surface area contributed by atoms with Crippen molar-refractivity contribution in [2.75, 3.05) is 32.2 Å². The molecule has 1 aromatic carbocycles. The summed E-state index contributed by atoms with van der Waals surface area (Å²) in [5.41, 5.74) is 1.93. The molecule has 4 heteroatoms. The summed E-state index contributed by atoms with van der Waals surface area (Å²) in [5.74, 6) is -0.995. The number of rotatable bonds is 2. The van der Waals surface area contributed by atoms with Crippen LogP contribution in [0.1, 0.15) is 12.5 Å². The molecule has 3 heterocycles. The summed E-state index contributed by atoms with van der Waals surface area (Å²) >= 11 is 0. The average Bonchev–Trinajstić information content (AvgIpc) is 2.40. The topological polar surface area (TPSA) is 39.7 Å². The highest BCUT2D eigenvalue weighted by atomic mass is 16.9. The van der Waals surface area contributed by atoms with Gasteiger partial charge < -0.3 is 19.5 Å². The molecule has 0 atom stereocenters. The van der Waals surface area contributed by atoms with Crippen LogP contribution in [0.25, 0.3) is 0 Å². The Bertz CT molecular complexity index is 408. The van der Waals surface area contributed by atoms with Crippen molar-refractivity contribution in [2.24, 2.45) is 5.41 Å². The van der Waals surface area contributed by atoms with E-state index in [4.69, 9.17) is 14.2 Å². The quantitative estimate of drug-likeness (QED) is 0.850. The minimum absolute atomic E-state index is 0.00235. The standard InChI is InChI=1S/C13H17NO3/c1-12-7-15-13(16-8-12,17-9-12)10-4-3-5-11(6-10)14-2/h3-6,14H,7-9H2,1-2H3. The molecule has 0 aliphatic carbocycles. The number of hydrogen-bond donors (Lipinski definition) is 1. The third-order valence-electron chi connectivity index (χ3n) is 3.34. The lowest BCUT2D eigenvalue weighted by atomic mass is 9.91. The molecule has 3 fully saturated rings. The smallest absolute Gasteiger partial charge is 0.312 e. The van der Waals surface area contributed by atoms with E-state index in [9.17, 15) is 0 Å². The van der Waals surface area contributed by atoms with E-state index in [1.54, 1.807) is 0 Å². The van der Waals surface area contributed by atoms with Crippen molar-refractivity contribution < 1.29 is 14.2 Å². The minimum Gasteiger partial charge on any atom is -0.388 e. The van der Waals surface area contributed by atoms with Gasteiger partial charge in [0.2, 0.25) is 0 Å². The summed E-state index contributed by atoms with van der Waals surface area (Å²) in [6.07, 6.45) is 0. The molecule has 3 aliphatic heterocycles. The van der Waals surface area contributed by atoms with Crippen LogP contribution in [-0.2, 0) is 20.2 Å². The molecule has 92 valence electrons. The van der Waals surface area contributed by atoms with Crippen molar-refractivity contribution in [1.29, 1.82) is 0 Å². The largest absolute Gasteiger partial charge is 0.388 e. The zero-order chi connectivity index (χ0) is 11.9. The number of ether oxygens (including phenoxy) is 3. The second-order valence-corrected chi connectivity index (χ2v) is 5.06. The van der Waals surface area contributed by atoms with E-state index < -0.39 is 5.97 Å². The summed E-state index contributed by atoms with van der Waals surface area (Å²) in [5, 5.41) is 3.10. The van der Waals surface area contributed by atoms with Crippen molar-refractivity contribution in [3.05, 3.63) is 29.8 Å². The van der Waals surface area contributed by atoms with E-state index in [2.05, 4.69) is 12.2 Å². The Balaban J connectivity index is 1.93. The maximum atomic E-state index is 5.78. The first kappa shape index (κ1) is 11.0. The molecule has 4 rings (SSSR count). The monoisotopic (exact) mass is 235 g/mol. The Hall–Kier alpha value is -1.10. The molecule has 0 spiro atoms. The van der Waals surface area contributed by atoms with Gasteiger partial charge in [0, 0.05) is 23.7 Å². The van der Waals surface area contributed by atoms with Crippen LogP contribution < -0.4 is 5.32 Å². The number of benzene rings is 1. The molecule has 0 saturated carbocycles. The fourth-order valence-electron chi connectivity index (χ4n) is 2.17. The van der Waals surface area contributed by atoms with Gasteiger partial charge in [-0.05, 0) is 12.1 Å². The molecule has 0 unspecified atom stereocenters.